The standard InChI is InChI=1S/C13H14O3.C8H10FN/c14-12(15)7-9-2-1-8-3-4-11-10(13(8)9)5-6-16-11;1-6(10)7-2-4-8(9)5-3-7/h3-4,9H,1-2,5-7H2,(H,14,15);2-6H,10H2,1H3/t9-;6-/m11/s1. The lowest BCUT2D eigenvalue weighted by atomic mass is 9.92. The molecule has 2 aliphatic rings. The molecule has 0 bridgehead atoms. The van der Waals surface area contributed by atoms with Gasteiger partial charge in [0.05, 0.1) is 13.0 Å². The second kappa shape index (κ2) is 7.87. The number of carboxylic acid groups (broad SMARTS) is 1. The van der Waals surface area contributed by atoms with Crippen LogP contribution >= 0.6 is 0 Å². The van der Waals surface area contributed by atoms with Crippen molar-refractivity contribution >= 4 is 5.97 Å². The summed E-state index contributed by atoms with van der Waals surface area (Å²) in [5, 5.41) is 8.92. The van der Waals surface area contributed by atoms with E-state index in [9.17, 15) is 9.18 Å². The highest BCUT2D eigenvalue weighted by Crippen LogP contribution is 2.43. The summed E-state index contributed by atoms with van der Waals surface area (Å²) in [5.41, 5.74) is 10.4. The summed E-state index contributed by atoms with van der Waals surface area (Å²) in [4.78, 5) is 10.8. The lowest BCUT2D eigenvalue weighted by molar-refractivity contribution is -0.137. The molecule has 0 spiro atoms. The number of hydrogen-bond donors (Lipinski definition) is 2. The maximum Gasteiger partial charge on any atom is 0.303 e. The van der Waals surface area contributed by atoms with E-state index < -0.39 is 5.97 Å². The molecule has 4 nitrogen and oxygen atoms in total. The lowest BCUT2D eigenvalue weighted by Gasteiger charge is -2.12. The van der Waals surface area contributed by atoms with Crippen LogP contribution in [0.4, 0.5) is 4.39 Å². The van der Waals surface area contributed by atoms with Gasteiger partial charge in [-0.2, -0.15) is 0 Å². The fourth-order valence-electron chi connectivity index (χ4n) is 3.73. The maximum atomic E-state index is 12.3. The van der Waals surface area contributed by atoms with Gasteiger partial charge in [0.15, 0.2) is 0 Å². The van der Waals surface area contributed by atoms with E-state index in [0.717, 1.165) is 37.2 Å². The van der Waals surface area contributed by atoms with Crippen molar-refractivity contribution in [1.29, 1.82) is 0 Å². The van der Waals surface area contributed by atoms with Crippen molar-refractivity contribution in [2.24, 2.45) is 5.73 Å². The van der Waals surface area contributed by atoms with Crippen LogP contribution in [0.5, 0.6) is 5.75 Å². The van der Waals surface area contributed by atoms with Crippen LogP contribution in [0.25, 0.3) is 0 Å². The van der Waals surface area contributed by atoms with Gasteiger partial charge < -0.3 is 15.6 Å². The Labute approximate surface area is 152 Å². The molecule has 0 radical (unpaired) electrons. The minimum atomic E-state index is -0.700. The number of aryl methyl sites for hydroxylation is 1. The smallest absolute Gasteiger partial charge is 0.303 e. The summed E-state index contributed by atoms with van der Waals surface area (Å²) in [6.45, 7) is 2.61. The average Bonchev–Trinajstić information content (AvgIpc) is 3.21. The van der Waals surface area contributed by atoms with Crippen LogP contribution in [0.15, 0.2) is 36.4 Å². The summed E-state index contributed by atoms with van der Waals surface area (Å²) < 4.78 is 17.8. The van der Waals surface area contributed by atoms with Crippen molar-refractivity contribution in [2.75, 3.05) is 6.61 Å². The van der Waals surface area contributed by atoms with Crippen LogP contribution in [0.2, 0.25) is 0 Å². The molecule has 2 aromatic carbocycles. The molecule has 3 N–H and O–H groups in total. The number of rotatable bonds is 3. The first-order chi connectivity index (χ1) is 12.5. The highest BCUT2D eigenvalue weighted by molar-refractivity contribution is 5.69. The molecule has 0 unspecified atom stereocenters. The molecule has 0 aromatic heterocycles. The second-order valence-electron chi connectivity index (χ2n) is 6.89. The van der Waals surface area contributed by atoms with E-state index in [-0.39, 0.29) is 24.2 Å². The lowest BCUT2D eigenvalue weighted by Crippen LogP contribution is -2.05. The fourth-order valence-corrected chi connectivity index (χ4v) is 3.73. The summed E-state index contributed by atoms with van der Waals surface area (Å²) in [7, 11) is 0. The van der Waals surface area contributed by atoms with E-state index in [1.807, 2.05) is 13.0 Å². The summed E-state index contributed by atoms with van der Waals surface area (Å²) in [6, 6.07) is 10.3. The molecule has 1 aliphatic carbocycles. The summed E-state index contributed by atoms with van der Waals surface area (Å²) in [6.07, 6.45) is 3.18. The molecule has 0 amide bonds. The number of carboxylic acids is 1. The van der Waals surface area contributed by atoms with E-state index in [1.54, 1.807) is 12.1 Å². The largest absolute Gasteiger partial charge is 0.493 e. The van der Waals surface area contributed by atoms with Gasteiger partial charge in [-0.25, -0.2) is 4.39 Å². The van der Waals surface area contributed by atoms with Gasteiger partial charge in [0, 0.05) is 18.0 Å². The Hall–Kier alpha value is -2.40. The van der Waals surface area contributed by atoms with Crippen molar-refractivity contribution in [1.82, 2.24) is 0 Å². The summed E-state index contributed by atoms with van der Waals surface area (Å²) in [5.74, 6) is 0.249. The number of benzene rings is 2. The minimum absolute atomic E-state index is 0.0133. The van der Waals surface area contributed by atoms with Crippen molar-refractivity contribution in [3.63, 3.8) is 0 Å². The van der Waals surface area contributed by atoms with Gasteiger partial charge in [-0.1, -0.05) is 18.2 Å². The quantitative estimate of drug-likeness (QED) is 0.872. The Kier molecular flexibility index (Phi) is 5.57. The Morgan fingerprint density at radius 2 is 2.00 bits per heavy atom. The topological polar surface area (TPSA) is 72.6 Å². The van der Waals surface area contributed by atoms with Crippen molar-refractivity contribution in [2.45, 2.75) is 44.6 Å². The van der Waals surface area contributed by atoms with Gasteiger partial charge in [-0.05, 0) is 60.6 Å². The van der Waals surface area contributed by atoms with Gasteiger partial charge in [0.1, 0.15) is 11.6 Å². The first-order valence-corrected chi connectivity index (χ1v) is 8.96. The molecule has 0 fully saturated rings. The molecule has 0 saturated heterocycles. The van der Waals surface area contributed by atoms with Crippen LogP contribution in [0.3, 0.4) is 0 Å². The first kappa shape index (κ1) is 18.4. The van der Waals surface area contributed by atoms with Gasteiger partial charge in [-0.3, -0.25) is 4.79 Å². The normalized spacial score (nSPS) is 18.2. The molecule has 5 heteroatoms. The summed E-state index contributed by atoms with van der Waals surface area (Å²) >= 11 is 0. The zero-order chi connectivity index (χ0) is 18.7. The van der Waals surface area contributed by atoms with Gasteiger partial charge in [0.25, 0.3) is 0 Å². The van der Waals surface area contributed by atoms with Crippen molar-refractivity contribution in [3.8, 4) is 5.75 Å². The third kappa shape index (κ3) is 4.05. The van der Waals surface area contributed by atoms with Crippen molar-refractivity contribution in [3.05, 3.63) is 64.5 Å². The van der Waals surface area contributed by atoms with Gasteiger partial charge in [0.2, 0.25) is 0 Å². The molecule has 0 saturated carbocycles. The third-order valence-corrected chi connectivity index (χ3v) is 5.00. The number of ether oxygens (including phenoxy) is 1. The molecule has 2 atom stereocenters. The number of hydrogen-bond acceptors (Lipinski definition) is 3. The Balaban J connectivity index is 0.000000170. The average molecular weight is 357 g/mol. The molecule has 1 heterocycles. The van der Waals surface area contributed by atoms with E-state index in [0.29, 0.717) is 0 Å². The van der Waals surface area contributed by atoms with Gasteiger partial charge >= 0.3 is 5.97 Å². The third-order valence-electron chi connectivity index (χ3n) is 5.00. The van der Waals surface area contributed by atoms with E-state index in [2.05, 4.69) is 6.07 Å². The predicted molar refractivity (Wildman–Crippen MR) is 98.0 cm³/mol. The van der Waals surface area contributed by atoms with Crippen LogP contribution in [-0.4, -0.2) is 17.7 Å². The Morgan fingerprint density at radius 3 is 2.65 bits per heavy atom. The van der Waals surface area contributed by atoms with Crippen LogP contribution in [0, 0.1) is 5.82 Å². The predicted octanol–water partition coefficient (Wildman–Crippen LogP) is 3.97. The van der Waals surface area contributed by atoms with E-state index in [4.69, 9.17) is 15.6 Å². The molecule has 2 aromatic rings. The van der Waals surface area contributed by atoms with E-state index >= 15 is 0 Å². The highest BCUT2D eigenvalue weighted by Gasteiger charge is 2.30. The number of nitrogens with two attached hydrogens (primary N) is 1. The highest BCUT2D eigenvalue weighted by atomic mass is 19.1. The molecule has 26 heavy (non-hydrogen) atoms. The zero-order valence-corrected chi connectivity index (χ0v) is 14.9. The second-order valence-corrected chi connectivity index (χ2v) is 6.89. The first-order valence-electron chi connectivity index (χ1n) is 8.96. The number of aliphatic carboxylic acids is 1. The number of fused-ring (bicyclic) bond motifs is 3. The van der Waals surface area contributed by atoms with E-state index in [1.165, 1.54) is 28.8 Å². The monoisotopic (exact) mass is 357 g/mol. The van der Waals surface area contributed by atoms with Gasteiger partial charge in [-0.15, -0.1) is 0 Å². The molecule has 1 aliphatic heterocycles. The maximum absolute atomic E-state index is 12.3. The SMILES string of the molecule is C[C@@H](N)c1ccc(F)cc1.O=C(O)C[C@H]1CCc2ccc3c(c21)CCO3. The molecule has 4 rings (SSSR count). The zero-order valence-electron chi connectivity index (χ0n) is 14.9. The van der Waals surface area contributed by atoms with Crippen LogP contribution < -0.4 is 10.5 Å². The fraction of sp³-hybridized carbons (Fsp3) is 0.381. The Morgan fingerprint density at radius 1 is 1.27 bits per heavy atom. The molecular weight excluding hydrogens is 333 g/mol. The number of halogens is 1. The molecule has 138 valence electrons. The Bertz CT molecular complexity index is 787. The number of carbonyl (C=O) groups is 1. The van der Waals surface area contributed by atoms with Crippen molar-refractivity contribution < 1.29 is 19.0 Å². The van der Waals surface area contributed by atoms with Crippen LogP contribution in [0.1, 0.15) is 54.0 Å². The minimum Gasteiger partial charge on any atom is -0.493 e. The molecular formula is C21H24FNO3. The van der Waals surface area contributed by atoms with Crippen LogP contribution in [-0.2, 0) is 17.6 Å².